The molecule has 4 rings (SSSR count). The van der Waals surface area contributed by atoms with E-state index in [4.69, 9.17) is 0 Å². The second-order valence-corrected chi connectivity index (χ2v) is 5.53. The lowest BCUT2D eigenvalue weighted by atomic mass is 10.0. The molecule has 1 N–H and O–H groups in total. The summed E-state index contributed by atoms with van der Waals surface area (Å²) in [6, 6.07) is 0. The Balaban J connectivity index is 1.57. The fourth-order valence-electron chi connectivity index (χ4n) is 3.62. The molecule has 0 radical (unpaired) electrons. The predicted molar refractivity (Wildman–Crippen MR) is 67.8 cm³/mol. The van der Waals surface area contributed by atoms with Crippen molar-refractivity contribution in [2.24, 2.45) is 27.1 Å². The van der Waals surface area contributed by atoms with Gasteiger partial charge < -0.3 is 0 Å². The summed E-state index contributed by atoms with van der Waals surface area (Å²) in [4.78, 5) is 4.26. The molecule has 1 fully saturated rings. The normalized spacial score (nSPS) is 31.4. The highest BCUT2D eigenvalue weighted by molar-refractivity contribution is 5.99. The number of aromatic amines is 1. The van der Waals surface area contributed by atoms with Crippen molar-refractivity contribution in [2.45, 2.75) is 38.5 Å². The van der Waals surface area contributed by atoms with E-state index in [-0.39, 0.29) is 0 Å². The number of hydrogen-bond acceptors (Lipinski definition) is 4. The fourth-order valence-corrected chi connectivity index (χ4v) is 3.62. The summed E-state index contributed by atoms with van der Waals surface area (Å²) in [5.41, 5.74) is 3.67. The summed E-state index contributed by atoms with van der Waals surface area (Å²) >= 11 is 0. The summed E-state index contributed by atoms with van der Waals surface area (Å²) in [7, 11) is 0. The van der Waals surface area contributed by atoms with Crippen LogP contribution in [0.1, 0.15) is 49.1 Å². The van der Waals surface area contributed by atoms with Crippen molar-refractivity contribution in [1.82, 2.24) is 10.2 Å². The van der Waals surface area contributed by atoms with Crippen LogP contribution in [0.25, 0.3) is 0 Å². The quantitative estimate of drug-likeness (QED) is 0.868. The van der Waals surface area contributed by atoms with Crippen LogP contribution in [-0.2, 0) is 6.42 Å². The molecule has 5 nitrogen and oxygen atoms in total. The minimum Gasteiger partial charge on any atom is -0.281 e. The molecule has 3 atom stereocenters. The molecule has 0 saturated heterocycles. The van der Waals surface area contributed by atoms with Gasteiger partial charge in [0, 0.05) is 17.2 Å². The number of hydrogen-bond donors (Lipinski definition) is 1. The predicted octanol–water partition coefficient (Wildman–Crippen LogP) is 2.66. The van der Waals surface area contributed by atoms with E-state index < -0.39 is 0 Å². The lowest BCUT2D eigenvalue weighted by Crippen LogP contribution is -2.01. The fraction of sp³-hybridized carbons (Fsp3) is 0.692. The van der Waals surface area contributed by atoms with Gasteiger partial charge in [0.15, 0.2) is 12.5 Å². The summed E-state index contributed by atoms with van der Waals surface area (Å²) < 4.78 is 0. The molecular formula is C13H17N5. The molecule has 2 aliphatic carbocycles. The standard InChI is InChI=1S/C13H17N5/c1-2-3-4-7-8-5-9-11(10(7)8)16-17-12(9)13-14-6-15-18-13/h7-8,10H,2-6H2,1H3,(H,16,17). The summed E-state index contributed by atoms with van der Waals surface area (Å²) in [5, 5.41) is 15.6. The largest absolute Gasteiger partial charge is 0.281 e. The number of azo groups is 1. The minimum atomic E-state index is 0.461. The number of aliphatic imine (C=N–C) groups is 1. The Labute approximate surface area is 106 Å². The van der Waals surface area contributed by atoms with E-state index in [1.807, 2.05) is 0 Å². The van der Waals surface area contributed by atoms with Crippen molar-refractivity contribution in [3.8, 4) is 0 Å². The Kier molecular flexibility index (Phi) is 2.16. The van der Waals surface area contributed by atoms with Crippen LogP contribution in [0.4, 0.5) is 0 Å². The van der Waals surface area contributed by atoms with E-state index in [1.54, 1.807) is 0 Å². The third-order valence-corrected chi connectivity index (χ3v) is 4.56. The molecule has 5 heteroatoms. The van der Waals surface area contributed by atoms with Gasteiger partial charge in [0.25, 0.3) is 0 Å². The Morgan fingerprint density at radius 3 is 3.11 bits per heavy atom. The Bertz CT molecular complexity index is 542. The number of amidine groups is 1. The zero-order valence-corrected chi connectivity index (χ0v) is 10.6. The Morgan fingerprint density at radius 1 is 1.39 bits per heavy atom. The summed E-state index contributed by atoms with van der Waals surface area (Å²) in [6.45, 7) is 2.73. The van der Waals surface area contributed by atoms with Gasteiger partial charge >= 0.3 is 0 Å². The molecule has 3 aliphatic rings. The number of unbranched alkanes of at least 4 members (excludes halogenated alkanes) is 1. The molecule has 0 bridgehead atoms. The second-order valence-electron chi connectivity index (χ2n) is 5.53. The maximum atomic E-state index is 4.40. The van der Waals surface area contributed by atoms with Gasteiger partial charge in [-0.1, -0.05) is 19.8 Å². The van der Waals surface area contributed by atoms with Crippen molar-refractivity contribution in [3.05, 3.63) is 17.0 Å². The Morgan fingerprint density at radius 2 is 2.33 bits per heavy atom. The lowest BCUT2D eigenvalue weighted by molar-refractivity contribution is 0.590. The van der Waals surface area contributed by atoms with Gasteiger partial charge in [-0.2, -0.15) is 10.2 Å². The molecule has 3 unspecified atom stereocenters. The minimum absolute atomic E-state index is 0.461. The van der Waals surface area contributed by atoms with Crippen LogP contribution in [0, 0.1) is 11.8 Å². The molecule has 1 aromatic rings. The lowest BCUT2D eigenvalue weighted by Gasteiger charge is -2.03. The first-order chi connectivity index (χ1) is 8.90. The first kappa shape index (κ1) is 10.4. The third-order valence-electron chi connectivity index (χ3n) is 4.56. The van der Waals surface area contributed by atoms with Crippen molar-refractivity contribution in [2.75, 3.05) is 6.67 Å². The zero-order valence-electron chi connectivity index (χ0n) is 10.6. The highest BCUT2D eigenvalue weighted by atomic mass is 15.3. The molecule has 0 amide bonds. The van der Waals surface area contributed by atoms with Gasteiger partial charge in [-0.05, 0) is 24.7 Å². The molecule has 1 aliphatic heterocycles. The van der Waals surface area contributed by atoms with Gasteiger partial charge in [0.1, 0.15) is 5.69 Å². The number of H-pyrrole nitrogens is 1. The number of nitrogens with zero attached hydrogens (tertiary/aromatic N) is 4. The van der Waals surface area contributed by atoms with Crippen LogP contribution in [0.2, 0.25) is 0 Å². The molecule has 0 spiro atoms. The molecule has 18 heavy (non-hydrogen) atoms. The average Bonchev–Trinajstić information content (AvgIpc) is 2.86. The molecule has 1 aromatic heterocycles. The topological polar surface area (TPSA) is 65.8 Å². The number of nitrogens with one attached hydrogen (secondary N) is 1. The van der Waals surface area contributed by atoms with Gasteiger partial charge in [-0.3, -0.25) is 5.10 Å². The number of fused-ring (bicyclic) bond motifs is 3. The smallest absolute Gasteiger partial charge is 0.199 e. The maximum Gasteiger partial charge on any atom is 0.199 e. The highest BCUT2D eigenvalue weighted by Crippen LogP contribution is 2.63. The van der Waals surface area contributed by atoms with Crippen LogP contribution in [0.5, 0.6) is 0 Å². The molecular weight excluding hydrogens is 226 g/mol. The summed E-state index contributed by atoms with van der Waals surface area (Å²) in [5.74, 6) is 3.22. The average molecular weight is 243 g/mol. The van der Waals surface area contributed by atoms with Gasteiger partial charge in [0.05, 0.1) is 0 Å². The maximum absolute atomic E-state index is 4.40. The van der Waals surface area contributed by atoms with E-state index in [1.165, 1.54) is 30.5 Å². The van der Waals surface area contributed by atoms with E-state index in [0.29, 0.717) is 6.67 Å². The van der Waals surface area contributed by atoms with Crippen LogP contribution in [0.3, 0.4) is 0 Å². The van der Waals surface area contributed by atoms with Crippen LogP contribution < -0.4 is 0 Å². The van der Waals surface area contributed by atoms with Crippen LogP contribution in [0.15, 0.2) is 15.2 Å². The van der Waals surface area contributed by atoms with E-state index >= 15 is 0 Å². The number of rotatable bonds is 4. The molecule has 2 heterocycles. The van der Waals surface area contributed by atoms with Crippen molar-refractivity contribution in [3.63, 3.8) is 0 Å². The van der Waals surface area contributed by atoms with Gasteiger partial charge in [-0.15, -0.1) is 5.11 Å². The Hall–Kier alpha value is -1.52. The molecule has 1 saturated carbocycles. The monoisotopic (exact) mass is 243 g/mol. The van der Waals surface area contributed by atoms with E-state index in [0.717, 1.165) is 35.7 Å². The van der Waals surface area contributed by atoms with Crippen LogP contribution in [-0.4, -0.2) is 22.7 Å². The third kappa shape index (κ3) is 1.33. The molecule has 0 aromatic carbocycles. The van der Waals surface area contributed by atoms with E-state index in [2.05, 4.69) is 32.3 Å². The summed E-state index contributed by atoms with van der Waals surface area (Å²) in [6.07, 6.45) is 5.19. The highest BCUT2D eigenvalue weighted by Gasteiger charge is 2.56. The van der Waals surface area contributed by atoms with Crippen LogP contribution >= 0.6 is 0 Å². The first-order valence-corrected chi connectivity index (χ1v) is 6.89. The van der Waals surface area contributed by atoms with Crippen molar-refractivity contribution >= 4 is 5.84 Å². The SMILES string of the molecule is CCCCC1C2Cc3c(C4=NCN=N4)n[nH]c3C12. The number of aromatic nitrogens is 2. The second kappa shape index (κ2) is 3.73. The van der Waals surface area contributed by atoms with E-state index in [9.17, 15) is 0 Å². The first-order valence-electron chi connectivity index (χ1n) is 6.89. The van der Waals surface area contributed by atoms with Gasteiger partial charge in [0.2, 0.25) is 0 Å². The molecule has 94 valence electrons. The van der Waals surface area contributed by atoms with Gasteiger partial charge in [-0.25, -0.2) is 4.99 Å². The zero-order chi connectivity index (χ0) is 12.1. The van der Waals surface area contributed by atoms with Crippen molar-refractivity contribution in [1.29, 1.82) is 0 Å². The van der Waals surface area contributed by atoms with Crippen molar-refractivity contribution < 1.29 is 0 Å².